The zero-order valence-corrected chi connectivity index (χ0v) is 30.7. The van der Waals surface area contributed by atoms with Crippen molar-refractivity contribution < 1.29 is 13.2 Å². The summed E-state index contributed by atoms with van der Waals surface area (Å²) >= 11 is 12.7. The van der Waals surface area contributed by atoms with Crippen molar-refractivity contribution in [3.8, 4) is 22.5 Å². The van der Waals surface area contributed by atoms with Crippen LogP contribution in [-0.4, -0.2) is 70.6 Å². The highest BCUT2D eigenvalue weighted by Crippen LogP contribution is 2.42. The van der Waals surface area contributed by atoms with E-state index in [1.807, 2.05) is 85.2 Å². The van der Waals surface area contributed by atoms with Crippen molar-refractivity contribution in [3.05, 3.63) is 119 Å². The summed E-state index contributed by atoms with van der Waals surface area (Å²) < 4.78 is 27.9. The Balaban J connectivity index is 1.31. The number of anilines is 2. The lowest BCUT2D eigenvalue weighted by molar-refractivity contribution is 0.102. The first-order chi connectivity index (χ1) is 24.5. The Labute approximate surface area is 307 Å². The van der Waals surface area contributed by atoms with Gasteiger partial charge in [-0.25, -0.2) is 22.7 Å². The number of sulfonamides is 1. The summed E-state index contributed by atoms with van der Waals surface area (Å²) in [5.74, 6) is 0.266. The van der Waals surface area contributed by atoms with Crippen LogP contribution in [0.5, 0.6) is 0 Å². The number of nitrogens with zero attached hydrogens (tertiary/aromatic N) is 5. The van der Waals surface area contributed by atoms with Crippen LogP contribution in [-0.2, 0) is 10.0 Å². The zero-order valence-electron chi connectivity index (χ0n) is 28.3. The minimum Gasteiger partial charge on any atom is -0.355 e. The van der Waals surface area contributed by atoms with Crippen molar-refractivity contribution in [2.24, 2.45) is 0 Å². The quantitative estimate of drug-likeness (QED) is 0.155. The van der Waals surface area contributed by atoms with Crippen molar-refractivity contribution in [3.63, 3.8) is 0 Å². The second kappa shape index (κ2) is 14.1. The standard InChI is InChI=1S/C38H37Cl2N7O3S/c1-24(25-11-13-27(39)14-12-25)47-23-42-34(26-8-5-4-6-9-26)36(47)33-30-16-15-28(40)22-32(30)43-35(33)38(48)44-31-10-7-19-41-37(31)46-20-17-29(18-21-46)45(2)51(3,49)50/h4-16,19,22-24,29,43H,17-18,20-21H2,1-3H3,(H,44,48)/t24-/m0/s1. The number of H-pyrrole nitrogens is 1. The fraction of sp³-hybridized carbons (Fsp3) is 0.237. The number of hydrogen-bond acceptors (Lipinski definition) is 6. The summed E-state index contributed by atoms with van der Waals surface area (Å²) in [4.78, 5) is 29.6. The number of fused-ring (bicyclic) bond motifs is 1. The van der Waals surface area contributed by atoms with Crippen LogP contribution >= 0.6 is 23.2 Å². The Morgan fingerprint density at radius 2 is 1.67 bits per heavy atom. The number of rotatable bonds is 9. The predicted molar refractivity (Wildman–Crippen MR) is 205 cm³/mol. The molecule has 51 heavy (non-hydrogen) atoms. The number of hydrogen-bond donors (Lipinski definition) is 2. The highest BCUT2D eigenvalue weighted by atomic mass is 35.5. The third-order valence-electron chi connectivity index (χ3n) is 9.67. The van der Waals surface area contributed by atoms with Gasteiger partial charge in [-0.1, -0.05) is 71.7 Å². The highest BCUT2D eigenvalue weighted by Gasteiger charge is 2.31. The molecule has 0 aliphatic carbocycles. The minimum atomic E-state index is -3.30. The first kappa shape index (κ1) is 34.8. The fourth-order valence-electron chi connectivity index (χ4n) is 6.84. The van der Waals surface area contributed by atoms with Gasteiger partial charge >= 0.3 is 0 Å². The number of amides is 1. The molecule has 13 heteroatoms. The maximum Gasteiger partial charge on any atom is 0.272 e. The number of aromatic amines is 1. The number of carbonyl (C=O) groups is 1. The number of piperidine rings is 1. The van der Waals surface area contributed by atoms with E-state index in [0.717, 1.165) is 27.9 Å². The molecule has 0 unspecified atom stereocenters. The number of imidazole rings is 1. The first-order valence-corrected chi connectivity index (χ1v) is 19.2. The highest BCUT2D eigenvalue weighted by molar-refractivity contribution is 7.88. The SMILES string of the molecule is C[C@@H](c1ccc(Cl)cc1)n1cnc(-c2ccccc2)c1-c1c(C(=O)Nc2cccnc2N2CCC(N(C)S(C)(=O)=O)CC2)[nH]c2cc(Cl)ccc12. The average molecular weight is 743 g/mol. The molecule has 0 saturated carbocycles. The van der Waals surface area contributed by atoms with Gasteiger partial charge in [0.05, 0.1) is 35.7 Å². The summed E-state index contributed by atoms with van der Waals surface area (Å²) in [5, 5.41) is 5.15. The topological polar surface area (TPSA) is 116 Å². The van der Waals surface area contributed by atoms with Crippen LogP contribution in [0.25, 0.3) is 33.4 Å². The van der Waals surface area contributed by atoms with Gasteiger partial charge in [0.1, 0.15) is 5.69 Å². The molecule has 1 fully saturated rings. The summed E-state index contributed by atoms with van der Waals surface area (Å²) in [5.41, 5.74) is 5.71. The average Bonchev–Trinajstić information content (AvgIpc) is 3.73. The van der Waals surface area contributed by atoms with Crippen LogP contribution in [0.2, 0.25) is 10.0 Å². The van der Waals surface area contributed by atoms with Crippen molar-refractivity contribution in [2.75, 3.05) is 36.6 Å². The van der Waals surface area contributed by atoms with Gasteiger partial charge < -0.3 is 19.8 Å². The lowest BCUT2D eigenvalue weighted by Gasteiger charge is -2.36. The number of halogens is 2. The normalized spacial score (nSPS) is 14.7. The lowest BCUT2D eigenvalue weighted by Crippen LogP contribution is -2.45. The van der Waals surface area contributed by atoms with Gasteiger partial charge in [-0.2, -0.15) is 0 Å². The molecular weight excluding hydrogens is 705 g/mol. The van der Waals surface area contributed by atoms with Crippen LogP contribution in [0.15, 0.2) is 97.5 Å². The van der Waals surface area contributed by atoms with E-state index in [1.165, 1.54) is 10.6 Å². The van der Waals surface area contributed by atoms with Gasteiger partial charge in [-0.15, -0.1) is 0 Å². The molecule has 1 amide bonds. The molecule has 4 heterocycles. The van der Waals surface area contributed by atoms with Crippen LogP contribution < -0.4 is 10.2 Å². The van der Waals surface area contributed by atoms with E-state index >= 15 is 0 Å². The van der Waals surface area contributed by atoms with E-state index in [2.05, 4.69) is 31.7 Å². The predicted octanol–water partition coefficient (Wildman–Crippen LogP) is 8.12. The van der Waals surface area contributed by atoms with Crippen LogP contribution in [0.3, 0.4) is 0 Å². The third kappa shape index (κ3) is 6.99. The molecule has 1 aliphatic rings. The van der Waals surface area contributed by atoms with E-state index in [-0.39, 0.29) is 18.0 Å². The molecule has 0 radical (unpaired) electrons. The molecule has 1 saturated heterocycles. The summed E-state index contributed by atoms with van der Waals surface area (Å²) in [6.45, 7) is 3.26. The summed E-state index contributed by atoms with van der Waals surface area (Å²) in [7, 11) is -1.68. The molecule has 10 nitrogen and oxygen atoms in total. The molecule has 3 aromatic carbocycles. The monoisotopic (exact) mass is 741 g/mol. The van der Waals surface area contributed by atoms with Gasteiger partial charge in [0.15, 0.2) is 5.82 Å². The van der Waals surface area contributed by atoms with Crippen molar-refractivity contribution in [1.29, 1.82) is 0 Å². The van der Waals surface area contributed by atoms with E-state index in [9.17, 15) is 13.2 Å². The maximum absolute atomic E-state index is 14.6. The van der Waals surface area contributed by atoms with Crippen molar-refractivity contribution >= 4 is 61.5 Å². The molecule has 7 rings (SSSR count). The summed E-state index contributed by atoms with van der Waals surface area (Å²) in [6, 6.07) is 26.5. The Hall–Kier alpha value is -4.68. The Morgan fingerprint density at radius 1 is 0.961 bits per heavy atom. The first-order valence-electron chi connectivity index (χ1n) is 16.6. The van der Waals surface area contributed by atoms with Crippen LogP contribution in [0, 0.1) is 0 Å². The lowest BCUT2D eigenvalue weighted by atomic mass is 9.99. The smallest absolute Gasteiger partial charge is 0.272 e. The van der Waals surface area contributed by atoms with E-state index < -0.39 is 10.0 Å². The fourth-order valence-corrected chi connectivity index (χ4v) is 7.89. The van der Waals surface area contributed by atoms with Crippen molar-refractivity contribution in [2.45, 2.75) is 31.8 Å². The molecular formula is C38H37Cl2N7O3S. The number of pyridine rings is 1. The van der Waals surface area contributed by atoms with Gasteiger partial charge in [0, 0.05) is 64.5 Å². The Morgan fingerprint density at radius 3 is 2.37 bits per heavy atom. The maximum atomic E-state index is 14.6. The zero-order chi connectivity index (χ0) is 35.9. The van der Waals surface area contributed by atoms with Gasteiger partial charge in [0.25, 0.3) is 5.91 Å². The molecule has 2 N–H and O–H groups in total. The Kier molecular flexibility index (Phi) is 9.64. The third-order valence-corrected chi connectivity index (χ3v) is 11.5. The Bertz CT molecular complexity index is 2320. The van der Waals surface area contributed by atoms with Gasteiger partial charge in [0.2, 0.25) is 10.0 Å². The molecule has 1 atom stereocenters. The van der Waals surface area contributed by atoms with Crippen LogP contribution in [0.1, 0.15) is 41.9 Å². The number of carbonyl (C=O) groups excluding carboxylic acids is 1. The van der Waals surface area contributed by atoms with Gasteiger partial charge in [-0.3, -0.25) is 4.79 Å². The van der Waals surface area contributed by atoms with E-state index in [0.29, 0.717) is 64.3 Å². The molecule has 262 valence electrons. The molecule has 0 bridgehead atoms. The molecule has 6 aromatic rings. The van der Waals surface area contributed by atoms with Crippen molar-refractivity contribution in [1.82, 2.24) is 23.8 Å². The van der Waals surface area contributed by atoms with E-state index in [4.69, 9.17) is 28.2 Å². The van der Waals surface area contributed by atoms with E-state index in [1.54, 1.807) is 19.3 Å². The largest absolute Gasteiger partial charge is 0.355 e. The molecule has 3 aromatic heterocycles. The second-order valence-electron chi connectivity index (χ2n) is 12.8. The minimum absolute atomic E-state index is 0.0994. The number of aromatic nitrogens is 4. The summed E-state index contributed by atoms with van der Waals surface area (Å²) in [6.07, 6.45) is 6.01. The van der Waals surface area contributed by atoms with Gasteiger partial charge in [-0.05, 0) is 61.7 Å². The van der Waals surface area contributed by atoms with Crippen LogP contribution in [0.4, 0.5) is 11.5 Å². The number of nitrogens with one attached hydrogen (secondary N) is 2. The number of benzene rings is 3. The second-order valence-corrected chi connectivity index (χ2v) is 15.7. The molecule has 0 spiro atoms. The molecule has 1 aliphatic heterocycles.